The number of carbonyl (C=O) groups is 3. The maximum Gasteiger partial charge on any atom is 0.259 e. The van der Waals surface area contributed by atoms with E-state index in [-0.39, 0.29) is 35.5 Å². The third-order valence-electron chi connectivity index (χ3n) is 10.7. The molecule has 4 aromatic rings. The molecule has 3 amide bonds. The largest absolute Gasteiger partial charge is 0.496 e. The van der Waals surface area contributed by atoms with Crippen molar-refractivity contribution in [3.63, 3.8) is 0 Å². The Morgan fingerprint density at radius 1 is 1.04 bits per heavy atom. The van der Waals surface area contributed by atoms with Crippen LogP contribution in [0.25, 0.3) is 28.0 Å². The fraction of sp³-hybridized carbons (Fsp3) is 0.375. The Morgan fingerprint density at radius 3 is 2.53 bits per heavy atom. The first-order chi connectivity index (χ1) is 25.6. The molecule has 1 atom stereocenters. The van der Waals surface area contributed by atoms with Crippen molar-refractivity contribution in [2.75, 3.05) is 43.5 Å². The maximum atomic E-state index is 15.2. The number of nitrogens with zero attached hydrogens (tertiary/aromatic N) is 4. The Bertz CT molecular complexity index is 2170. The van der Waals surface area contributed by atoms with Crippen LogP contribution in [0, 0.1) is 11.7 Å². The number of likely N-dealkylation sites (tertiary alicyclic amines) is 1. The lowest BCUT2D eigenvalue weighted by molar-refractivity contribution is -0.134. The topological polar surface area (TPSA) is 126 Å². The van der Waals surface area contributed by atoms with Gasteiger partial charge in [0.2, 0.25) is 17.7 Å². The Kier molecular flexibility index (Phi) is 10.5. The normalized spacial score (nSPS) is 18.3. The number of hydrogen-bond acceptors (Lipinski definition) is 8. The summed E-state index contributed by atoms with van der Waals surface area (Å²) in [5.74, 6) is -0.0623. The monoisotopic (exact) mass is 740 g/mol. The summed E-state index contributed by atoms with van der Waals surface area (Å²) < 4.78 is 22.5. The first kappa shape index (κ1) is 36.1. The van der Waals surface area contributed by atoms with Crippen molar-refractivity contribution in [1.29, 1.82) is 0 Å². The molecule has 276 valence electrons. The van der Waals surface area contributed by atoms with Gasteiger partial charge in [-0.15, -0.1) is 0 Å². The number of aromatic nitrogens is 2. The van der Waals surface area contributed by atoms with Gasteiger partial charge in [-0.25, -0.2) is 4.39 Å². The number of imide groups is 1. The Labute approximate surface area is 311 Å². The molecule has 3 aliphatic rings. The van der Waals surface area contributed by atoms with Gasteiger partial charge in [0.05, 0.1) is 23.2 Å². The highest BCUT2D eigenvalue weighted by Crippen LogP contribution is 2.38. The van der Waals surface area contributed by atoms with E-state index in [0.29, 0.717) is 66.6 Å². The van der Waals surface area contributed by atoms with Gasteiger partial charge in [-0.2, -0.15) is 0 Å². The number of aryl methyl sites for hydroxylation is 1. The lowest BCUT2D eigenvalue weighted by Crippen LogP contribution is -2.47. The molecule has 0 radical (unpaired) electrons. The first-order valence-corrected chi connectivity index (χ1v) is 18.4. The fourth-order valence-electron chi connectivity index (χ4n) is 7.63. The minimum Gasteiger partial charge on any atom is -0.496 e. The number of carbonyl (C=O) groups excluding carboxylic acids is 3. The van der Waals surface area contributed by atoms with Gasteiger partial charge in [-0.1, -0.05) is 23.3 Å². The summed E-state index contributed by atoms with van der Waals surface area (Å²) in [7, 11) is 3.33. The van der Waals surface area contributed by atoms with Crippen LogP contribution in [-0.2, 0) is 21.4 Å². The van der Waals surface area contributed by atoms with Crippen molar-refractivity contribution in [3.8, 4) is 16.9 Å². The number of ether oxygens (including phenoxy) is 1. The molecule has 1 unspecified atom stereocenters. The molecule has 3 saturated heterocycles. The number of pyridine rings is 2. The summed E-state index contributed by atoms with van der Waals surface area (Å²) in [5, 5.41) is 7.19. The van der Waals surface area contributed by atoms with E-state index in [1.54, 1.807) is 49.4 Å². The number of fused-ring (bicyclic) bond motifs is 1. The predicted octanol–water partition coefficient (Wildman–Crippen LogP) is 5.93. The number of methoxy groups -OCH3 is 1. The molecule has 0 aliphatic carbocycles. The molecule has 0 saturated carbocycles. The molecule has 3 fully saturated rings. The number of anilines is 2. The summed E-state index contributed by atoms with van der Waals surface area (Å²) in [5.41, 5.74) is 4.53. The van der Waals surface area contributed by atoms with Crippen molar-refractivity contribution in [2.24, 2.45) is 13.0 Å². The highest BCUT2D eigenvalue weighted by molar-refractivity contribution is 6.32. The van der Waals surface area contributed by atoms with Gasteiger partial charge < -0.3 is 24.4 Å². The van der Waals surface area contributed by atoms with E-state index in [0.717, 1.165) is 47.8 Å². The fourth-order valence-corrected chi connectivity index (χ4v) is 7.90. The zero-order valence-corrected chi connectivity index (χ0v) is 30.5. The van der Waals surface area contributed by atoms with E-state index in [1.807, 2.05) is 28.0 Å². The van der Waals surface area contributed by atoms with Gasteiger partial charge in [0.1, 0.15) is 17.6 Å². The standard InChI is InChI=1S/C40H42ClFN6O5/c1-46-23-31(28-7-12-43-22-30(28)40(46)52)26-19-32(41)29(36(20-26)53-2)17-24-10-15-48(16-11-24)38(50)18-25-8-13-47(14-9-25)35-5-3-27(21-33(35)42)44-34-4-6-37(49)45-39(34)51/h3,5,7,12,17,19-23,25,34,44H,4,6,8-11,13-16,18H2,1-2H3,(H,45,49,51). The van der Waals surface area contributed by atoms with E-state index in [4.69, 9.17) is 16.3 Å². The van der Waals surface area contributed by atoms with Crippen LogP contribution in [0.5, 0.6) is 5.75 Å². The number of piperidine rings is 3. The third kappa shape index (κ3) is 7.78. The number of hydrogen-bond donors (Lipinski definition) is 2. The SMILES string of the molecule is COc1cc(-c2cn(C)c(=O)c3cnccc23)cc(Cl)c1C=C1CCN(C(=O)CC2CCN(c3ccc(NC4CCC(=O)NC4=O)cc3F)CC2)CC1. The van der Waals surface area contributed by atoms with Gasteiger partial charge in [-0.3, -0.25) is 29.5 Å². The smallest absolute Gasteiger partial charge is 0.259 e. The van der Waals surface area contributed by atoms with Gasteiger partial charge >= 0.3 is 0 Å². The second kappa shape index (κ2) is 15.4. The first-order valence-electron chi connectivity index (χ1n) is 18.0. The molecule has 5 heterocycles. The summed E-state index contributed by atoms with van der Waals surface area (Å²) >= 11 is 6.88. The number of benzene rings is 2. The van der Waals surface area contributed by atoms with Crippen molar-refractivity contribution in [2.45, 2.75) is 51.0 Å². The highest BCUT2D eigenvalue weighted by Gasteiger charge is 2.29. The van der Waals surface area contributed by atoms with Crippen molar-refractivity contribution >= 4 is 57.5 Å². The molecule has 0 bridgehead atoms. The number of amides is 3. The molecule has 2 aromatic carbocycles. The zero-order valence-electron chi connectivity index (χ0n) is 29.8. The van der Waals surface area contributed by atoms with Crippen LogP contribution in [0.1, 0.15) is 50.5 Å². The summed E-state index contributed by atoms with van der Waals surface area (Å²) in [6, 6.07) is 9.95. The Morgan fingerprint density at radius 2 is 1.81 bits per heavy atom. The van der Waals surface area contributed by atoms with Crippen LogP contribution in [0.4, 0.5) is 15.8 Å². The van der Waals surface area contributed by atoms with Crippen LogP contribution in [0.2, 0.25) is 5.02 Å². The summed E-state index contributed by atoms with van der Waals surface area (Å²) in [4.78, 5) is 57.6. The molecular formula is C40H42ClFN6O5. The average molecular weight is 741 g/mol. The van der Waals surface area contributed by atoms with Crippen molar-refractivity contribution < 1.29 is 23.5 Å². The highest BCUT2D eigenvalue weighted by atomic mass is 35.5. The summed E-state index contributed by atoms with van der Waals surface area (Å²) in [6.45, 7) is 2.56. The number of halogens is 2. The second-order valence-electron chi connectivity index (χ2n) is 14.1. The summed E-state index contributed by atoms with van der Waals surface area (Å²) in [6.07, 6.45) is 11.3. The molecule has 2 N–H and O–H groups in total. The van der Waals surface area contributed by atoms with Gasteiger partial charge in [0.25, 0.3) is 5.56 Å². The quantitative estimate of drug-likeness (QED) is 0.213. The number of rotatable bonds is 8. The predicted molar refractivity (Wildman–Crippen MR) is 204 cm³/mol. The molecule has 11 nitrogen and oxygen atoms in total. The molecule has 2 aromatic heterocycles. The molecular weight excluding hydrogens is 699 g/mol. The van der Waals surface area contributed by atoms with Gasteiger partial charge in [0.15, 0.2) is 0 Å². The average Bonchev–Trinajstić information content (AvgIpc) is 3.15. The zero-order chi connectivity index (χ0) is 37.2. The van der Waals surface area contributed by atoms with E-state index in [9.17, 15) is 19.2 Å². The molecule has 3 aliphatic heterocycles. The molecule has 0 spiro atoms. The minimum absolute atomic E-state index is 0.120. The maximum absolute atomic E-state index is 15.2. The third-order valence-corrected chi connectivity index (χ3v) is 11.0. The van der Waals surface area contributed by atoms with Crippen LogP contribution < -0.4 is 25.8 Å². The molecule has 7 rings (SSSR count). The van der Waals surface area contributed by atoms with Gasteiger partial charge in [0, 0.05) is 81.5 Å². The van der Waals surface area contributed by atoms with Gasteiger partial charge in [-0.05, 0) is 85.4 Å². The Balaban J connectivity index is 0.929. The number of nitrogens with one attached hydrogen (secondary N) is 2. The van der Waals surface area contributed by atoms with E-state index < -0.39 is 11.9 Å². The van der Waals surface area contributed by atoms with E-state index in [1.165, 1.54) is 11.6 Å². The minimum atomic E-state index is -0.575. The lowest BCUT2D eigenvalue weighted by Gasteiger charge is -2.35. The Hall–Kier alpha value is -5.23. The second-order valence-corrected chi connectivity index (χ2v) is 14.5. The van der Waals surface area contributed by atoms with Crippen molar-refractivity contribution in [1.82, 2.24) is 19.8 Å². The van der Waals surface area contributed by atoms with Crippen LogP contribution in [0.15, 0.2) is 65.4 Å². The molecule has 53 heavy (non-hydrogen) atoms. The van der Waals surface area contributed by atoms with E-state index in [2.05, 4.69) is 21.7 Å². The van der Waals surface area contributed by atoms with Crippen LogP contribution in [0.3, 0.4) is 0 Å². The van der Waals surface area contributed by atoms with E-state index >= 15 is 4.39 Å². The lowest BCUT2D eigenvalue weighted by atomic mass is 9.92. The molecule has 13 heteroatoms. The van der Waals surface area contributed by atoms with Crippen LogP contribution >= 0.6 is 11.6 Å². The van der Waals surface area contributed by atoms with Crippen molar-refractivity contribution in [3.05, 3.63) is 87.3 Å². The van der Waals surface area contributed by atoms with Crippen LogP contribution in [-0.4, -0.2) is 71.5 Å².